The molecule has 2 atom stereocenters. The standard InChI is InChI=1S/C13H19NO3/c1-3-13(2,17)9-14-11(12(15)16)10-7-5-4-6-8-10/h4-8,11,14,17H,3,9H2,1-2H3,(H,15,16). The first-order valence-corrected chi connectivity index (χ1v) is 5.70. The number of carbonyl (C=O) groups is 1. The Morgan fingerprint density at radius 2 is 2.00 bits per heavy atom. The second-order valence-electron chi connectivity index (χ2n) is 4.41. The Labute approximate surface area is 101 Å². The van der Waals surface area contributed by atoms with Crippen LogP contribution in [0.15, 0.2) is 30.3 Å². The fourth-order valence-corrected chi connectivity index (χ4v) is 1.44. The van der Waals surface area contributed by atoms with Gasteiger partial charge in [0.1, 0.15) is 6.04 Å². The largest absolute Gasteiger partial charge is 0.480 e. The first-order valence-electron chi connectivity index (χ1n) is 5.70. The van der Waals surface area contributed by atoms with Gasteiger partial charge in [-0.25, -0.2) is 0 Å². The monoisotopic (exact) mass is 237 g/mol. The van der Waals surface area contributed by atoms with Crippen molar-refractivity contribution in [3.8, 4) is 0 Å². The van der Waals surface area contributed by atoms with Crippen molar-refractivity contribution in [2.24, 2.45) is 0 Å². The van der Waals surface area contributed by atoms with Crippen LogP contribution in [0.25, 0.3) is 0 Å². The van der Waals surface area contributed by atoms with E-state index in [1.165, 1.54) is 0 Å². The van der Waals surface area contributed by atoms with Gasteiger partial charge < -0.3 is 10.2 Å². The van der Waals surface area contributed by atoms with Crippen LogP contribution in [-0.2, 0) is 4.79 Å². The van der Waals surface area contributed by atoms with Crippen LogP contribution in [0.4, 0.5) is 0 Å². The summed E-state index contributed by atoms with van der Waals surface area (Å²) in [4.78, 5) is 11.2. The minimum absolute atomic E-state index is 0.245. The van der Waals surface area contributed by atoms with Gasteiger partial charge in [0.15, 0.2) is 0 Å². The average Bonchev–Trinajstić information content (AvgIpc) is 2.30. The molecule has 0 aliphatic heterocycles. The van der Waals surface area contributed by atoms with Crippen molar-refractivity contribution in [2.75, 3.05) is 6.54 Å². The molecule has 0 radical (unpaired) electrons. The van der Waals surface area contributed by atoms with Gasteiger partial charge in [-0.1, -0.05) is 37.3 Å². The lowest BCUT2D eigenvalue weighted by Gasteiger charge is -2.24. The van der Waals surface area contributed by atoms with Gasteiger partial charge in [-0.05, 0) is 18.9 Å². The van der Waals surface area contributed by atoms with Gasteiger partial charge in [0.25, 0.3) is 0 Å². The van der Waals surface area contributed by atoms with Crippen LogP contribution in [0.3, 0.4) is 0 Å². The van der Waals surface area contributed by atoms with Crippen LogP contribution in [0.1, 0.15) is 31.9 Å². The summed E-state index contributed by atoms with van der Waals surface area (Å²) < 4.78 is 0. The van der Waals surface area contributed by atoms with E-state index in [1.54, 1.807) is 31.2 Å². The van der Waals surface area contributed by atoms with Gasteiger partial charge >= 0.3 is 5.97 Å². The number of hydrogen-bond donors (Lipinski definition) is 3. The van der Waals surface area contributed by atoms with E-state index in [9.17, 15) is 9.90 Å². The molecule has 0 saturated carbocycles. The van der Waals surface area contributed by atoms with Gasteiger partial charge in [0, 0.05) is 6.54 Å². The highest BCUT2D eigenvalue weighted by Crippen LogP contribution is 2.15. The molecule has 0 spiro atoms. The molecule has 1 aromatic rings. The third kappa shape index (κ3) is 4.17. The minimum Gasteiger partial charge on any atom is -0.480 e. The quantitative estimate of drug-likeness (QED) is 0.702. The van der Waals surface area contributed by atoms with Crippen LogP contribution in [0.5, 0.6) is 0 Å². The number of carboxylic acids is 1. The van der Waals surface area contributed by atoms with Crippen LogP contribution in [0.2, 0.25) is 0 Å². The van der Waals surface area contributed by atoms with E-state index in [1.807, 2.05) is 13.0 Å². The van der Waals surface area contributed by atoms with Crippen molar-refractivity contribution in [3.05, 3.63) is 35.9 Å². The molecular formula is C13H19NO3. The van der Waals surface area contributed by atoms with Crippen LogP contribution in [0, 0.1) is 0 Å². The molecule has 0 aromatic heterocycles. The van der Waals surface area contributed by atoms with Gasteiger partial charge in [0.05, 0.1) is 5.60 Å². The molecule has 17 heavy (non-hydrogen) atoms. The smallest absolute Gasteiger partial charge is 0.325 e. The predicted octanol–water partition coefficient (Wildman–Crippen LogP) is 1.56. The number of rotatable bonds is 6. The van der Waals surface area contributed by atoms with Gasteiger partial charge in [-0.3, -0.25) is 10.1 Å². The first-order chi connectivity index (χ1) is 7.96. The fraction of sp³-hybridized carbons (Fsp3) is 0.462. The lowest BCUT2D eigenvalue weighted by molar-refractivity contribution is -0.139. The summed E-state index contributed by atoms with van der Waals surface area (Å²) in [5.41, 5.74) is -0.199. The van der Waals surface area contributed by atoms with Gasteiger partial charge in [-0.2, -0.15) is 0 Å². The van der Waals surface area contributed by atoms with Crippen molar-refractivity contribution in [1.29, 1.82) is 0 Å². The summed E-state index contributed by atoms with van der Waals surface area (Å²) in [6, 6.07) is 8.16. The molecule has 0 fully saturated rings. The molecule has 0 aliphatic rings. The second kappa shape index (κ2) is 5.80. The molecule has 0 saturated heterocycles. The van der Waals surface area contributed by atoms with Gasteiger partial charge in [-0.15, -0.1) is 0 Å². The summed E-state index contributed by atoms with van der Waals surface area (Å²) >= 11 is 0. The number of aliphatic hydroxyl groups is 1. The maximum absolute atomic E-state index is 11.2. The third-order valence-corrected chi connectivity index (χ3v) is 2.83. The molecule has 0 amide bonds. The fourth-order valence-electron chi connectivity index (χ4n) is 1.44. The molecule has 0 bridgehead atoms. The Kier molecular flexibility index (Phi) is 4.66. The van der Waals surface area contributed by atoms with Crippen molar-refractivity contribution in [3.63, 3.8) is 0 Å². The molecule has 1 aromatic carbocycles. The summed E-state index contributed by atoms with van der Waals surface area (Å²) in [6.07, 6.45) is 0.571. The van der Waals surface area contributed by atoms with E-state index >= 15 is 0 Å². The number of hydrogen-bond acceptors (Lipinski definition) is 3. The normalized spacial score (nSPS) is 16.2. The lowest BCUT2D eigenvalue weighted by atomic mass is 10.0. The van der Waals surface area contributed by atoms with Crippen molar-refractivity contribution < 1.29 is 15.0 Å². The molecule has 4 heteroatoms. The SMILES string of the molecule is CCC(C)(O)CNC(C(=O)O)c1ccccc1. The highest BCUT2D eigenvalue weighted by Gasteiger charge is 2.24. The third-order valence-electron chi connectivity index (χ3n) is 2.83. The lowest BCUT2D eigenvalue weighted by Crippen LogP contribution is -2.41. The van der Waals surface area contributed by atoms with Crippen LogP contribution in [-0.4, -0.2) is 28.3 Å². The Morgan fingerprint density at radius 1 is 1.41 bits per heavy atom. The molecule has 0 aliphatic carbocycles. The Bertz CT molecular complexity index is 362. The summed E-state index contributed by atoms with van der Waals surface area (Å²) in [7, 11) is 0. The van der Waals surface area contributed by atoms with Crippen molar-refractivity contribution >= 4 is 5.97 Å². The van der Waals surface area contributed by atoms with Crippen molar-refractivity contribution in [2.45, 2.75) is 31.9 Å². The van der Waals surface area contributed by atoms with E-state index in [0.29, 0.717) is 12.0 Å². The molecular weight excluding hydrogens is 218 g/mol. The topological polar surface area (TPSA) is 69.6 Å². The van der Waals surface area contributed by atoms with Gasteiger partial charge in [0.2, 0.25) is 0 Å². The maximum atomic E-state index is 11.2. The second-order valence-corrected chi connectivity index (χ2v) is 4.41. The predicted molar refractivity (Wildman–Crippen MR) is 65.7 cm³/mol. The molecule has 3 N–H and O–H groups in total. The van der Waals surface area contributed by atoms with Crippen LogP contribution < -0.4 is 5.32 Å². The first kappa shape index (κ1) is 13.7. The summed E-state index contributed by atoms with van der Waals surface area (Å²) in [5, 5.41) is 21.9. The zero-order valence-corrected chi connectivity index (χ0v) is 10.2. The zero-order valence-electron chi connectivity index (χ0n) is 10.2. The Morgan fingerprint density at radius 3 is 2.47 bits per heavy atom. The summed E-state index contributed by atoms with van der Waals surface area (Å²) in [6.45, 7) is 3.79. The zero-order chi connectivity index (χ0) is 12.9. The van der Waals surface area contributed by atoms with E-state index in [2.05, 4.69) is 5.32 Å². The van der Waals surface area contributed by atoms with E-state index in [0.717, 1.165) is 0 Å². The molecule has 4 nitrogen and oxygen atoms in total. The number of carboxylic acid groups (broad SMARTS) is 1. The molecule has 0 heterocycles. The Hall–Kier alpha value is -1.39. The number of aliphatic carboxylic acids is 1. The molecule has 2 unspecified atom stereocenters. The number of benzene rings is 1. The molecule has 94 valence electrons. The minimum atomic E-state index is -0.942. The van der Waals surface area contributed by atoms with E-state index in [-0.39, 0.29) is 6.54 Å². The highest BCUT2D eigenvalue weighted by molar-refractivity contribution is 5.75. The van der Waals surface area contributed by atoms with E-state index < -0.39 is 17.6 Å². The average molecular weight is 237 g/mol. The maximum Gasteiger partial charge on any atom is 0.325 e. The van der Waals surface area contributed by atoms with E-state index in [4.69, 9.17) is 5.11 Å². The summed E-state index contributed by atoms with van der Waals surface area (Å²) in [5.74, 6) is -0.942. The Balaban J connectivity index is 2.72. The van der Waals surface area contributed by atoms with Crippen LogP contribution >= 0.6 is 0 Å². The van der Waals surface area contributed by atoms with Crippen molar-refractivity contribution in [1.82, 2.24) is 5.32 Å². The highest BCUT2D eigenvalue weighted by atomic mass is 16.4. The molecule has 1 rings (SSSR count). The number of nitrogens with one attached hydrogen (secondary N) is 1.